The minimum absolute atomic E-state index is 0.0300. The van der Waals surface area contributed by atoms with Gasteiger partial charge < -0.3 is 15.4 Å². The highest BCUT2D eigenvalue weighted by molar-refractivity contribution is 9.10. The zero-order valence-electron chi connectivity index (χ0n) is 15.2. The number of aromatic amines is 1. The Kier molecular flexibility index (Phi) is 7.99. The van der Waals surface area contributed by atoms with Crippen molar-refractivity contribution in [3.05, 3.63) is 100.0 Å². The lowest BCUT2D eigenvalue weighted by Crippen LogP contribution is -2.08. The van der Waals surface area contributed by atoms with E-state index in [2.05, 4.69) is 42.2 Å². The van der Waals surface area contributed by atoms with E-state index in [0.717, 1.165) is 12.4 Å². The van der Waals surface area contributed by atoms with Crippen molar-refractivity contribution in [2.24, 2.45) is 0 Å². The first-order valence-corrected chi connectivity index (χ1v) is 9.73. The molecule has 0 fully saturated rings. The predicted octanol–water partition coefficient (Wildman–Crippen LogP) is 4.51. The van der Waals surface area contributed by atoms with Gasteiger partial charge >= 0.3 is 11.7 Å². The van der Waals surface area contributed by atoms with Crippen molar-refractivity contribution >= 4 is 60.1 Å². The molecule has 3 aromatic rings. The number of aromatic carboxylic acids is 1. The van der Waals surface area contributed by atoms with E-state index >= 15 is 0 Å². The molecule has 1 heterocycles. The molecule has 0 amide bonds. The van der Waals surface area contributed by atoms with Crippen LogP contribution in [0.4, 0.5) is 11.4 Å². The van der Waals surface area contributed by atoms with Gasteiger partial charge in [0.1, 0.15) is 0 Å². The predicted molar refractivity (Wildman–Crippen MR) is 120 cm³/mol. The average Bonchev–Trinajstić information content (AvgIpc) is 2.69. The number of carbonyl (C=O) groups is 1. The van der Waals surface area contributed by atoms with Gasteiger partial charge in [-0.25, -0.2) is 4.79 Å². The van der Waals surface area contributed by atoms with Gasteiger partial charge in [-0.15, -0.1) is 0 Å². The van der Waals surface area contributed by atoms with Crippen LogP contribution in [0.5, 0.6) is 0 Å². The summed E-state index contributed by atoms with van der Waals surface area (Å²) in [7, 11) is 0. The number of benzene rings is 2. The van der Waals surface area contributed by atoms with Crippen molar-refractivity contribution in [2.75, 3.05) is 5.32 Å². The van der Waals surface area contributed by atoms with E-state index in [-0.39, 0.29) is 11.3 Å². The number of carboxylic acids is 1. The van der Waals surface area contributed by atoms with Crippen LogP contribution in [0, 0.1) is 20.2 Å². The van der Waals surface area contributed by atoms with E-state index in [0.29, 0.717) is 26.0 Å². The maximum atomic E-state index is 11.6. The maximum Gasteiger partial charge on any atom is 0.337 e. The van der Waals surface area contributed by atoms with Crippen molar-refractivity contribution in [2.45, 2.75) is 0 Å². The molecule has 0 saturated heterocycles. The number of nitrogens with one attached hydrogen (secondary N) is 2. The topological polar surface area (TPSA) is 168 Å². The van der Waals surface area contributed by atoms with Gasteiger partial charge in [0.2, 0.25) is 6.20 Å². The van der Waals surface area contributed by atoms with Crippen LogP contribution in [0.25, 0.3) is 10.9 Å². The van der Waals surface area contributed by atoms with Crippen molar-refractivity contribution in [1.82, 2.24) is 4.98 Å². The Labute approximate surface area is 190 Å². The van der Waals surface area contributed by atoms with Crippen LogP contribution in [0.3, 0.4) is 0 Å². The molecule has 0 radical (unpaired) electrons. The van der Waals surface area contributed by atoms with Gasteiger partial charge in [-0.3, -0.25) is 25.0 Å². The molecule has 13 heteroatoms. The molecular formula is C18H12Br2N4O7. The molecule has 0 aliphatic heterocycles. The number of fused-ring (bicyclic) bond motifs is 1. The molecule has 2 aromatic carbocycles. The number of halogens is 2. The number of nitrogens with zero attached hydrogens (tertiary/aromatic N) is 2. The summed E-state index contributed by atoms with van der Waals surface area (Å²) in [6.45, 7) is 0. The summed E-state index contributed by atoms with van der Waals surface area (Å²) in [6.07, 6.45) is 2.86. The standard InChI is InChI=1S/C9H7BrN2O4.C9H5BrN2O3/c10-6-1-2-8(7(5-6)9(13)14)11-3-4-12(15)16;10-5-1-2-7-6(3-5)9(13)8(4-11-7)12(14)15/h1-5,11H,(H,13,14);1-4H,(H,11,13). The number of H-pyrrole nitrogens is 1. The van der Waals surface area contributed by atoms with Crippen molar-refractivity contribution in [1.29, 1.82) is 0 Å². The van der Waals surface area contributed by atoms with Gasteiger partial charge in [0, 0.05) is 14.5 Å². The highest BCUT2D eigenvalue weighted by Crippen LogP contribution is 2.21. The van der Waals surface area contributed by atoms with Gasteiger partial charge in [0.15, 0.2) is 0 Å². The Morgan fingerprint density at radius 3 is 2.35 bits per heavy atom. The minimum atomic E-state index is -1.11. The fourth-order valence-corrected chi connectivity index (χ4v) is 3.04. The molecule has 0 aliphatic carbocycles. The third-order valence-electron chi connectivity index (χ3n) is 3.67. The van der Waals surface area contributed by atoms with Crippen LogP contribution in [-0.4, -0.2) is 25.9 Å². The molecule has 0 unspecified atom stereocenters. The van der Waals surface area contributed by atoms with Crippen molar-refractivity contribution in [3.63, 3.8) is 0 Å². The first-order valence-electron chi connectivity index (χ1n) is 8.15. The summed E-state index contributed by atoms with van der Waals surface area (Å²) < 4.78 is 1.33. The summed E-state index contributed by atoms with van der Waals surface area (Å²) in [5.74, 6) is -1.11. The third kappa shape index (κ3) is 6.45. The first-order chi connectivity index (χ1) is 14.6. The van der Waals surface area contributed by atoms with Crippen LogP contribution in [-0.2, 0) is 0 Å². The summed E-state index contributed by atoms with van der Waals surface area (Å²) in [4.78, 5) is 44.4. The Bertz CT molecular complexity index is 1260. The third-order valence-corrected chi connectivity index (χ3v) is 4.65. The smallest absolute Gasteiger partial charge is 0.337 e. The van der Waals surface area contributed by atoms with E-state index in [1.165, 1.54) is 12.1 Å². The molecule has 0 spiro atoms. The van der Waals surface area contributed by atoms with Crippen LogP contribution < -0.4 is 10.7 Å². The lowest BCUT2D eigenvalue weighted by atomic mass is 10.2. The molecule has 0 bridgehead atoms. The second kappa shape index (κ2) is 10.4. The van der Waals surface area contributed by atoms with Gasteiger partial charge in [-0.1, -0.05) is 31.9 Å². The van der Waals surface area contributed by atoms with Crippen LogP contribution in [0.1, 0.15) is 10.4 Å². The number of hydrogen-bond acceptors (Lipinski definition) is 7. The molecule has 11 nitrogen and oxygen atoms in total. The Morgan fingerprint density at radius 1 is 1.10 bits per heavy atom. The zero-order chi connectivity index (χ0) is 23.1. The highest BCUT2D eigenvalue weighted by Gasteiger charge is 2.14. The molecule has 0 saturated carbocycles. The molecule has 160 valence electrons. The normalized spacial score (nSPS) is 10.4. The highest BCUT2D eigenvalue weighted by atomic mass is 79.9. The lowest BCUT2D eigenvalue weighted by Gasteiger charge is -2.05. The Hall–Kier alpha value is -3.58. The number of carboxylic acid groups (broad SMARTS) is 1. The fourth-order valence-electron chi connectivity index (χ4n) is 2.32. The number of rotatable bonds is 5. The van der Waals surface area contributed by atoms with E-state index in [4.69, 9.17) is 5.11 Å². The SMILES string of the molecule is O=C(O)c1cc(Br)ccc1NC=C[N+](=O)[O-].O=c1c([N+](=O)[O-])c[nH]c2ccc(Br)cc12. The minimum Gasteiger partial charge on any atom is -0.478 e. The number of hydrogen-bond donors (Lipinski definition) is 3. The van der Waals surface area contributed by atoms with Gasteiger partial charge in [0.25, 0.3) is 5.43 Å². The molecule has 0 atom stereocenters. The molecule has 0 aliphatic rings. The molecular weight excluding hydrogens is 544 g/mol. The molecule has 3 rings (SSSR count). The van der Waals surface area contributed by atoms with Gasteiger partial charge in [-0.2, -0.15) is 0 Å². The summed E-state index contributed by atoms with van der Waals surface area (Å²) in [6, 6.07) is 9.55. The van der Waals surface area contributed by atoms with Gasteiger partial charge in [0.05, 0.1) is 38.9 Å². The monoisotopic (exact) mass is 554 g/mol. The number of pyridine rings is 1. The molecule has 3 N–H and O–H groups in total. The quantitative estimate of drug-likeness (QED) is 0.305. The summed E-state index contributed by atoms with van der Waals surface area (Å²) in [5, 5.41) is 32.3. The van der Waals surface area contributed by atoms with E-state index < -0.39 is 26.9 Å². The number of aromatic nitrogens is 1. The number of nitro groups is 2. The first kappa shape index (κ1) is 23.7. The largest absolute Gasteiger partial charge is 0.478 e. The van der Waals surface area contributed by atoms with Crippen molar-refractivity contribution in [3.8, 4) is 0 Å². The van der Waals surface area contributed by atoms with Crippen LogP contribution >= 0.6 is 31.9 Å². The molecule has 31 heavy (non-hydrogen) atoms. The Morgan fingerprint density at radius 2 is 1.74 bits per heavy atom. The average molecular weight is 556 g/mol. The van der Waals surface area contributed by atoms with Gasteiger partial charge in [-0.05, 0) is 36.4 Å². The Balaban J connectivity index is 0.000000220. The molecule has 1 aromatic heterocycles. The maximum absolute atomic E-state index is 11.6. The van der Waals surface area contributed by atoms with E-state index in [9.17, 15) is 29.8 Å². The van der Waals surface area contributed by atoms with Crippen LogP contribution in [0.15, 0.2) is 68.7 Å². The summed E-state index contributed by atoms with van der Waals surface area (Å²) >= 11 is 6.34. The number of anilines is 1. The second-order valence-electron chi connectivity index (χ2n) is 5.69. The zero-order valence-corrected chi connectivity index (χ0v) is 18.4. The van der Waals surface area contributed by atoms with E-state index in [1.807, 2.05) is 0 Å². The fraction of sp³-hybridized carbons (Fsp3) is 0. The second-order valence-corrected chi connectivity index (χ2v) is 7.52. The summed E-state index contributed by atoms with van der Waals surface area (Å²) in [5.41, 5.74) is -0.124. The van der Waals surface area contributed by atoms with Crippen LogP contribution in [0.2, 0.25) is 0 Å². The van der Waals surface area contributed by atoms with E-state index in [1.54, 1.807) is 24.3 Å². The lowest BCUT2D eigenvalue weighted by molar-refractivity contribution is -0.402. The van der Waals surface area contributed by atoms with Crippen molar-refractivity contribution < 1.29 is 19.7 Å².